The highest BCUT2D eigenvalue weighted by Gasteiger charge is 2.27. The van der Waals surface area contributed by atoms with E-state index in [1.54, 1.807) is 39.0 Å². The monoisotopic (exact) mass is 262 g/mol. The second kappa shape index (κ2) is 4.66. The van der Waals surface area contributed by atoms with Gasteiger partial charge in [0.15, 0.2) is 0 Å². The van der Waals surface area contributed by atoms with Crippen LogP contribution in [0.3, 0.4) is 0 Å². The average molecular weight is 262 g/mol. The number of nitrogens with one attached hydrogen (secondary N) is 2. The third-order valence-electron chi connectivity index (χ3n) is 3.47. The summed E-state index contributed by atoms with van der Waals surface area (Å²) in [5.41, 5.74) is 1.37. The normalized spacial score (nSPS) is 15.7. The van der Waals surface area contributed by atoms with E-state index in [2.05, 4.69) is 10.6 Å². The minimum absolute atomic E-state index is 0.0585. The van der Waals surface area contributed by atoms with E-state index in [1.807, 2.05) is 0 Å². The molecule has 0 aromatic heterocycles. The van der Waals surface area contributed by atoms with E-state index in [-0.39, 0.29) is 11.8 Å². The van der Waals surface area contributed by atoms with Crippen molar-refractivity contribution < 1.29 is 14.7 Å². The van der Waals surface area contributed by atoms with Crippen molar-refractivity contribution in [2.45, 2.75) is 38.8 Å². The summed E-state index contributed by atoms with van der Waals surface area (Å²) < 4.78 is 0. The number of aliphatic hydroxyl groups is 1. The van der Waals surface area contributed by atoms with Crippen molar-refractivity contribution in [3.63, 3.8) is 0 Å². The van der Waals surface area contributed by atoms with Crippen molar-refractivity contribution in [3.8, 4) is 0 Å². The molecule has 0 fully saturated rings. The molecule has 0 spiro atoms. The zero-order valence-corrected chi connectivity index (χ0v) is 11.3. The zero-order valence-electron chi connectivity index (χ0n) is 11.3. The van der Waals surface area contributed by atoms with Crippen LogP contribution in [-0.2, 0) is 11.2 Å². The van der Waals surface area contributed by atoms with E-state index in [0.29, 0.717) is 12.0 Å². The Morgan fingerprint density at radius 1 is 1.47 bits per heavy atom. The molecule has 102 valence electrons. The van der Waals surface area contributed by atoms with Crippen molar-refractivity contribution in [1.29, 1.82) is 0 Å². The quantitative estimate of drug-likeness (QED) is 0.762. The second-order valence-electron chi connectivity index (χ2n) is 5.45. The van der Waals surface area contributed by atoms with E-state index in [9.17, 15) is 14.7 Å². The first kappa shape index (κ1) is 13.5. The van der Waals surface area contributed by atoms with Crippen LogP contribution in [0.1, 0.15) is 36.7 Å². The van der Waals surface area contributed by atoms with Crippen molar-refractivity contribution in [1.82, 2.24) is 5.32 Å². The fourth-order valence-corrected chi connectivity index (χ4v) is 1.84. The Hall–Kier alpha value is -1.88. The van der Waals surface area contributed by atoms with Crippen LogP contribution in [0.25, 0.3) is 0 Å². The van der Waals surface area contributed by atoms with Gasteiger partial charge in [0.1, 0.15) is 0 Å². The minimum atomic E-state index is -0.704. The Bertz CT molecular complexity index is 535. The van der Waals surface area contributed by atoms with Crippen LogP contribution in [0, 0.1) is 0 Å². The van der Waals surface area contributed by atoms with Crippen molar-refractivity contribution in [2.24, 2.45) is 0 Å². The predicted octanol–water partition coefficient (Wildman–Crippen LogP) is 1.07. The predicted molar refractivity (Wildman–Crippen MR) is 72.0 cm³/mol. The first-order chi connectivity index (χ1) is 8.79. The highest BCUT2D eigenvalue weighted by molar-refractivity contribution is 6.01. The number of carbonyl (C=O) groups is 2. The van der Waals surface area contributed by atoms with Crippen LogP contribution in [0.15, 0.2) is 18.2 Å². The molecule has 5 nitrogen and oxygen atoms in total. The standard InChI is InChI=1S/C14H18N2O3/c1-8(17)14(2,3)16-13(19)9-4-5-11-10(6-9)7-12(18)15-11/h4-6,8,17H,7H2,1-3H3,(H,15,18)(H,16,19). The van der Waals surface area contributed by atoms with Crippen molar-refractivity contribution >= 4 is 17.5 Å². The molecule has 0 saturated heterocycles. The van der Waals surface area contributed by atoms with Gasteiger partial charge in [-0.2, -0.15) is 0 Å². The SMILES string of the molecule is CC(O)C(C)(C)NC(=O)c1ccc2c(c1)CC(=O)N2. The van der Waals surface area contributed by atoms with Gasteiger partial charge in [-0.3, -0.25) is 9.59 Å². The van der Waals surface area contributed by atoms with E-state index >= 15 is 0 Å². The number of hydrogen-bond acceptors (Lipinski definition) is 3. The number of anilines is 1. The number of rotatable bonds is 3. The van der Waals surface area contributed by atoms with Crippen LogP contribution in [-0.4, -0.2) is 28.6 Å². The molecule has 1 unspecified atom stereocenters. The lowest BCUT2D eigenvalue weighted by Crippen LogP contribution is -2.50. The van der Waals surface area contributed by atoms with Gasteiger partial charge < -0.3 is 15.7 Å². The Kier molecular flexibility index (Phi) is 3.32. The molecule has 0 bridgehead atoms. The Morgan fingerprint density at radius 3 is 2.79 bits per heavy atom. The number of benzene rings is 1. The fourth-order valence-electron chi connectivity index (χ4n) is 1.84. The highest BCUT2D eigenvalue weighted by Crippen LogP contribution is 2.24. The molecule has 5 heteroatoms. The maximum atomic E-state index is 12.1. The molecule has 1 atom stereocenters. The van der Waals surface area contributed by atoms with Crippen molar-refractivity contribution in [2.75, 3.05) is 5.32 Å². The molecule has 0 saturated carbocycles. The number of aliphatic hydroxyl groups excluding tert-OH is 1. The summed E-state index contributed by atoms with van der Waals surface area (Å²) in [6.07, 6.45) is -0.356. The third kappa shape index (κ3) is 2.76. The van der Waals surface area contributed by atoms with Crippen LogP contribution in [0.4, 0.5) is 5.69 Å². The van der Waals surface area contributed by atoms with Gasteiger partial charge >= 0.3 is 0 Å². The maximum absolute atomic E-state index is 12.1. The van der Waals surface area contributed by atoms with Gasteiger partial charge in [0.25, 0.3) is 5.91 Å². The molecular weight excluding hydrogens is 244 g/mol. The summed E-state index contributed by atoms with van der Waals surface area (Å²) in [5, 5.41) is 15.1. The molecular formula is C14H18N2O3. The molecule has 1 aromatic rings. The average Bonchev–Trinajstić information content (AvgIpc) is 2.66. The fraction of sp³-hybridized carbons (Fsp3) is 0.429. The Labute approximate surface area is 112 Å². The summed E-state index contributed by atoms with van der Waals surface area (Å²) >= 11 is 0. The zero-order chi connectivity index (χ0) is 14.2. The lowest BCUT2D eigenvalue weighted by molar-refractivity contribution is -0.115. The van der Waals surface area contributed by atoms with Crippen LogP contribution in [0.5, 0.6) is 0 Å². The second-order valence-corrected chi connectivity index (χ2v) is 5.45. The third-order valence-corrected chi connectivity index (χ3v) is 3.47. The largest absolute Gasteiger partial charge is 0.391 e. The Morgan fingerprint density at radius 2 is 2.16 bits per heavy atom. The number of fused-ring (bicyclic) bond motifs is 1. The summed E-state index contributed by atoms with van der Waals surface area (Å²) in [7, 11) is 0. The Balaban J connectivity index is 2.18. The topological polar surface area (TPSA) is 78.4 Å². The molecule has 3 N–H and O–H groups in total. The van der Waals surface area contributed by atoms with E-state index < -0.39 is 11.6 Å². The van der Waals surface area contributed by atoms with Crippen LogP contribution >= 0.6 is 0 Å². The number of carbonyl (C=O) groups excluding carboxylic acids is 2. The van der Waals surface area contributed by atoms with E-state index in [1.165, 1.54) is 0 Å². The maximum Gasteiger partial charge on any atom is 0.251 e. The van der Waals surface area contributed by atoms with Crippen molar-refractivity contribution in [3.05, 3.63) is 29.3 Å². The smallest absolute Gasteiger partial charge is 0.251 e. The number of hydrogen-bond donors (Lipinski definition) is 3. The van der Waals surface area contributed by atoms with Gasteiger partial charge in [-0.05, 0) is 44.5 Å². The van der Waals surface area contributed by atoms with Crippen LogP contribution < -0.4 is 10.6 Å². The molecule has 2 rings (SSSR count). The van der Waals surface area contributed by atoms with Gasteiger partial charge in [0, 0.05) is 11.3 Å². The van der Waals surface area contributed by atoms with E-state index in [0.717, 1.165) is 11.3 Å². The van der Waals surface area contributed by atoms with Gasteiger partial charge in [0.05, 0.1) is 18.1 Å². The number of amides is 2. The molecule has 1 aliphatic heterocycles. The summed E-state index contributed by atoms with van der Waals surface area (Å²) in [4.78, 5) is 23.4. The molecule has 1 aromatic carbocycles. The molecule has 2 amide bonds. The first-order valence-corrected chi connectivity index (χ1v) is 6.23. The summed E-state index contributed by atoms with van der Waals surface area (Å²) in [6, 6.07) is 5.10. The van der Waals surface area contributed by atoms with Gasteiger partial charge in [-0.25, -0.2) is 0 Å². The van der Waals surface area contributed by atoms with Gasteiger partial charge in [-0.15, -0.1) is 0 Å². The van der Waals surface area contributed by atoms with E-state index in [4.69, 9.17) is 0 Å². The minimum Gasteiger partial charge on any atom is -0.391 e. The summed E-state index contributed by atoms with van der Waals surface area (Å²) in [6.45, 7) is 5.15. The summed E-state index contributed by atoms with van der Waals surface area (Å²) in [5.74, 6) is -0.315. The molecule has 1 aliphatic rings. The molecule has 0 aliphatic carbocycles. The lowest BCUT2D eigenvalue weighted by Gasteiger charge is -2.29. The highest BCUT2D eigenvalue weighted by atomic mass is 16.3. The molecule has 0 radical (unpaired) electrons. The lowest BCUT2D eigenvalue weighted by atomic mass is 9.98. The van der Waals surface area contributed by atoms with Gasteiger partial charge in [0.2, 0.25) is 5.91 Å². The molecule has 19 heavy (non-hydrogen) atoms. The van der Waals surface area contributed by atoms with Crippen LogP contribution in [0.2, 0.25) is 0 Å². The van der Waals surface area contributed by atoms with Gasteiger partial charge in [-0.1, -0.05) is 0 Å². The first-order valence-electron chi connectivity index (χ1n) is 6.23. The molecule has 1 heterocycles.